The van der Waals surface area contributed by atoms with Crippen LogP contribution in [0.15, 0.2) is 67.4 Å². The predicted molar refractivity (Wildman–Crippen MR) is 177 cm³/mol. The first-order valence-corrected chi connectivity index (χ1v) is 17.4. The van der Waals surface area contributed by atoms with Crippen LogP contribution in [0.4, 0.5) is 0 Å². The Hall–Kier alpha value is -3.61. The lowest BCUT2D eigenvalue weighted by atomic mass is 9.93. The number of benzene rings is 1. The van der Waals surface area contributed by atoms with Crippen LogP contribution in [-0.2, 0) is 38.7 Å². The summed E-state index contributed by atoms with van der Waals surface area (Å²) < 4.78 is 25.4. The molecule has 5 N–H and O–H groups in total. The average Bonchev–Trinajstić information content (AvgIpc) is 3.52. The van der Waals surface area contributed by atoms with Crippen LogP contribution >= 0.6 is 0 Å². The van der Waals surface area contributed by atoms with E-state index in [-0.39, 0.29) is 25.2 Å². The maximum atomic E-state index is 13.8. The third kappa shape index (κ3) is 11.3. The number of pyridine rings is 1. The van der Waals surface area contributed by atoms with Crippen molar-refractivity contribution in [3.8, 4) is 0 Å². The summed E-state index contributed by atoms with van der Waals surface area (Å²) in [6.45, 7) is 8.68. The van der Waals surface area contributed by atoms with Crippen molar-refractivity contribution in [1.82, 2.24) is 25.6 Å². The molecule has 0 spiro atoms. The minimum Gasteiger partial charge on any atom is -0.390 e. The van der Waals surface area contributed by atoms with Gasteiger partial charge in [-0.15, -0.1) is 0 Å². The second-order valence-corrected chi connectivity index (χ2v) is 16.1. The zero-order valence-corrected chi connectivity index (χ0v) is 28.2. The Morgan fingerprint density at radius 3 is 2.24 bits per heavy atom. The Bertz CT molecular complexity index is 1460. The van der Waals surface area contributed by atoms with Crippen LogP contribution in [0.1, 0.15) is 64.3 Å². The van der Waals surface area contributed by atoms with Gasteiger partial charge in [0.15, 0.2) is 9.84 Å². The summed E-state index contributed by atoms with van der Waals surface area (Å²) >= 11 is 0. The summed E-state index contributed by atoms with van der Waals surface area (Å²) in [4.78, 5) is 38.8. The number of hydrogen-bond acceptors (Lipinski definition) is 8. The maximum absolute atomic E-state index is 13.8. The smallest absolute Gasteiger partial charge is 0.243 e. The van der Waals surface area contributed by atoms with E-state index in [1.54, 1.807) is 45.4 Å². The molecular weight excluding hydrogens is 606 g/mol. The number of aliphatic hydroxyl groups is 2. The third-order valence-corrected chi connectivity index (χ3v) is 10.7. The molecular formula is C34H49N5O6S. The SMILES string of the molecule is CC(C)C[C@H](NC(=O)C(Cc1c[nH]cn1)NC(=O)[C@H](Cc1ccccc1)CS(=O)(=O)C(C)(C)C)[C@@H](O)[C@@H](O)CCc1cccnc1. The predicted octanol–water partition coefficient (Wildman–Crippen LogP) is 2.79. The number of hydrogen-bond donors (Lipinski definition) is 5. The van der Waals surface area contributed by atoms with E-state index >= 15 is 0 Å². The van der Waals surface area contributed by atoms with Crippen LogP contribution in [0.5, 0.6) is 0 Å². The first-order chi connectivity index (χ1) is 21.7. The van der Waals surface area contributed by atoms with Gasteiger partial charge in [0.2, 0.25) is 11.8 Å². The number of nitrogens with zero attached hydrogens (tertiary/aromatic N) is 2. The van der Waals surface area contributed by atoms with Gasteiger partial charge in [-0.05, 0) is 69.6 Å². The van der Waals surface area contributed by atoms with Gasteiger partial charge in [0.25, 0.3) is 0 Å². The molecule has 0 bridgehead atoms. The summed E-state index contributed by atoms with van der Waals surface area (Å²) in [7, 11) is -3.69. The van der Waals surface area contributed by atoms with Gasteiger partial charge in [-0.2, -0.15) is 0 Å². The van der Waals surface area contributed by atoms with E-state index in [2.05, 4.69) is 25.6 Å². The number of aliphatic hydroxyl groups excluding tert-OH is 2. The van der Waals surface area contributed by atoms with Gasteiger partial charge in [0.1, 0.15) is 12.1 Å². The van der Waals surface area contributed by atoms with Gasteiger partial charge in [0, 0.05) is 25.0 Å². The summed E-state index contributed by atoms with van der Waals surface area (Å²) in [6.07, 6.45) is 5.36. The zero-order chi connectivity index (χ0) is 33.9. The zero-order valence-electron chi connectivity index (χ0n) is 27.4. The molecule has 0 saturated heterocycles. The number of imidazole rings is 1. The van der Waals surface area contributed by atoms with Crippen molar-refractivity contribution in [2.24, 2.45) is 11.8 Å². The molecule has 2 heterocycles. The lowest BCUT2D eigenvalue weighted by Crippen LogP contribution is -2.56. The third-order valence-electron chi connectivity index (χ3n) is 7.96. The molecule has 0 fully saturated rings. The highest BCUT2D eigenvalue weighted by molar-refractivity contribution is 7.92. The van der Waals surface area contributed by atoms with Crippen LogP contribution in [0, 0.1) is 11.8 Å². The topological polar surface area (TPSA) is 174 Å². The van der Waals surface area contributed by atoms with Gasteiger partial charge in [0.05, 0.1) is 40.6 Å². The lowest BCUT2D eigenvalue weighted by molar-refractivity contribution is -0.132. The van der Waals surface area contributed by atoms with Crippen molar-refractivity contribution >= 4 is 21.7 Å². The first-order valence-electron chi connectivity index (χ1n) is 15.8. The van der Waals surface area contributed by atoms with Crippen molar-refractivity contribution in [2.45, 2.75) is 95.8 Å². The molecule has 11 nitrogen and oxygen atoms in total. The van der Waals surface area contributed by atoms with Crippen molar-refractivity contribution in [3.63, 3.8) is 0 Å². The molecule has 46 heavy (non-hydrogen) atoms. The largest absolute Gasteiger partial charge is 0.390 e. The van der Waals surface area contributed by atoms with Gasteiger partial charge >= 0.3 is 0 Å². The molecule has 252 valence electrons. The normalized spacial score (nSPS) is 15.5. The molecule has 2 aromatic heterocycles. The van der Waals surface area contributed by atoms with E-state index in [9.17, 15) is 28.2 Å². The molecule has 0 aliphatic rings. The molecule has 0 saturated carbocycles. The van der Waals surface area contributed by atoms with E-state index in [0.717, 1.165) is 11.1 Å². The van der Waals surface area contributed by atoms with E-state index in [1.807, 2.05) is 50.2 Å². The van der Waals surface area contributed by atoms with Gasteiger partial charge < -0.3 is 25.8 Å². The molecule has 12 heteroatoms. The highest BCUT2D eigenvalue weighted by atomic mass is 32.2. The van der Waals surface area contributed by atoms with E-state index in [4.69, 9.17) is 0 Å². The van der Waals surface area contributed by atoms with Gasteiger partial charge in [-0.1, -0.05) is 50.2 Å². The second-order valence-electron chi connectivity index (χ2n) is 13.3. The summed E-state index contributed by atoms with van der Waals surface area (Å²) in [5.74, 6) is -2.44. The molecule has 3 aromatic rings. The fraction of sp³-hybridized carbons (Fsp3) is 0.529. The van der Waals surface area contributed by atoms with Gasteiger partial charge in [-0.3, -0.25) is 14.6 Å². The average molecular weight is 656 g/mol. The minimum absolute atomic E-state index is 0.0270. The van der Waals surface area contributed by atoms with E-state index in [1.165, 1.54) is 6.33 Å². The number of nitrogens with one attached hydrogen (secondary N) is 3. The molecule has 1 unspecified atom stereocenters. The summed E-state index contributed by atoms with van der Waals surface area (Å²) in [5.41, 5.74) is 2.22. The van der Waals surface area contributed by atoms with E-state index in [0.29, 0.717) is 18.5 Å². The molecule has 2 amide bonds. The quantitative estimate of drug-likeness (QED) is 0.148. The second kappa shape index (κ2) is 16.8. The number of sulfone groups is 1. The Balaban J connectivity index is 1.83. The number of H-pyrrole nitrogens is 1. The molecule has 5 atom stereocenters. The van der Waals surface area contributed by atoms with E-state index < -0.39 is 62.4 Å². The van der Waals surface area contributed by atoms with Crippen LogP contribution in [0.2, 0.25) is 0 Å². The summed E-state index contributed by atoms with van der Waals surface area (Å²) in [6, 6.07) is 10.9. The molecule has 0 radical (unpaired) electrons. The number of amides is 2. The van der Waals surface area contributed by atoms with Crippen molar-refractivity contribution in [1.29, 1.82) is 0 Å². The lowest BCUT2D eigenvalue weighted by Gasteiger charge is -2.31. The number of aryl methyl sites for hydroxylation is 1. The van der Waals surface area contributed by atoms with Crippen LogP contribution in [-0.4, -0.2) is 80.2 Å². The number of carbonyl (C=O) groups excluding carboxylic acids is 2. The molecule has 0 aliphatic carbocycles. The number of rotatable bonds is 17. The maximum Gasteiger partial charge on any atom is 0.243 e. The first kappa shape index (κ1) is 36.9. The standard InChI is InChI=1S/C34H49N5O6S/c1-23(2)16-28(31(41)30(40)14-13-25-12-9-15-35-19-25)38-33(43)29(18-27-20-36-22-37-27)39-32(42)26(17-24-10-7-6-8-11-24)21-46(44,45)34(3,4)5/h6-12,15,19-20,22-23,26,28-31,40-41H,13-14,16-18,21H2,1-5H3,(H,36,37)(H,38,43)(H,39,42)/t26-,28+,29?,30+,31-/m1/s1. The van der Waals surface area contributed by atoms with Crippen molar-refractivity contribution in [3.05, 3.63) is 84.2 Å². The highest BCUT2D eigenvalue weighted by Gasteiger charge is 2.37. The highest BCUT2D eigenvalue weighted by Crippen LogP contribution is 2.22. The Morgan fingerprint density at radius 1 is 0.957 bits per heavy atom. The Kier molecular flexibility index (Phi) is 13.5. The number of aromatic nitrogens is 3. The minimum atomic E-state index is -3.69. The van der Waals surface area contributed by atoms with Crippen molar-refractivity contribution < 1.29 is 28.2 Å². The monoisotopic (exact) mass is 655 g/mol. The van der Waals surface area contributed by atoms with Crippen LogP contribution < -0.4 is 10.6 Å². The molecule has 1 aromatic carbocycles. The van der Waals surface area contributed by atoms with Crippen molar-refractivity contribution in [2.75, 3.05) is 5.75 Å². The number of carbonyl (C=O) groups is 2. The number of aromatic amines is 1. The van der Waals surface area contributed by atoms with Gasteiger partial charge in [-0.25, -0.2) is 13.4 Å². The van der Waals surface area contributed by atoms with Crippen LogP contribution in [0.25, 0.3) is 0 Å². The fourth-order valence-corrected chi connectivity index (χ4v) is 6.42. The molecule has 3 rings (SSSR count). The molecule has 0 aliphatic heterocycles. The van der Waals surface area contributed by atoms with Crippen LogP contribution in [0.3, 0.4) is 0 Å². The fourth-order valence-electron chi connectivity index (χ4n) is 5.13. The summed E-state index contributed by atoms with van der Waals surface area (Å²) in [5, 5.41) is 27.7. The Labute approximate surface area is 272 Å². The Morgan fingerprint density at radius 2 is 1.65 bits per heavy atom.